The maximum Gasteiger partial charge on any atom is 0.214 e. The van der Waals surface area contributed by atoms with Crippen LogP contribution in [0.1, 0.15) is 17.8 Å². The van der Waals surface area contributed by atoms with Crippen LogP contribution < -0.4 is 5.73 Å². The van der Waals surface area contributed by atoms with Gasteiger partial charge in [0.15, 0.2) is 0 Å². The van der Waals surface area contributed by atoms with E-state index in [9.17, 15) is 4.79 Å². The number of amides is 1. The molecule has 1 rings (SSSR count). The Bertz CT molecular complexity index is 523. The lowest BCUT2D eigenvalue weighted by Crippen LogP contribution is -2.17. The van der Waals surface area contributed by atoms with E-state index in [1.165, 1.54) is 26.5 Å². The lowest BCUT2D eigenvalue weighted by Gasteiger charge is -2.15. The maximum atomic E-state index is 11.2. The van der Waals surface area contributed by atoms with Crippen molar-refractivity contribution in [2.75, 3.05) is 12.3 Å². The van der Waals surface area contributed by atoms with E-state index in [0.29, 0.717) is 30.0 Å². The summed E-state index contributed by atoms with van der Waals surface area (Å²) >= 11 is 0. The number of aliphatic hydroxyl groups excluding tert-OH is 1. The van der Waals surface area contributed by atoms with Gasteiger partial charge in [-0.1, -0.05) is 28.2 Å². The second kappa shape index (κ2) is 9.43. The molecule has 6 nitrogen and oxygen atoms in total. The van der Waals surface area contributed by atoms with Gasteiger partial charge in [0.25, 0.3) is 0 Å². The van der Waals surface area contributed by atoms with E-state index in [1.54, 1.807) is 24.7 Å². The molecule has 1 aromatic rings. The smallest absolute Gasteiger partial charge is 0.214 e. The van der Waals surface area contributed by atoms with Crippen LogP contribution >= 0.6 is 21.6 Å². The van der Waals surface area contributed by atoms with Crippen LogP contribution in [0.3, 0.4) is 0 Å². The number of aryl methyl sites for hydroxylation is 1. The van der Waals surface area contributed by atoms with Gasteiger partial charge in [-0.15, -0.1) is 0 Å². The van der Waals surface area contributed by atoms with Gasteiger partial charge in [-0.2, -0.15) is 0 Å². The zero-order chi connectivity index (χ0) is 15.7. The SMILES string of the molecule is C=CSS/C(=C\N(C=O)Cc1cnc(C)nc1N)CCO. The number of aromatic nitrogens is 2. The van der Waals surface area contributed by atoms with Crippen molar-refractivity contribution in [2.24, 2.45) is 0 Å². The monoisotopic (exact) mass is 326 g/mol. The number of nitrogen functional groups attached to an aromatic ring is 1. The van der Waals surface area contributed by atoms with Crippen LogP contribution in [-0.2, 0) is 11.3 Å². The van der Waals surface area contributed by atoms with Crippen LogP contribution in [0.25, 0.3) is 0 Å². The first-order valence-electron chi connectivity index (χ1n) is 6.15. The average Bonchev–Trinajstić information content (AvgIpc) is 2.46. The summed E-state index contributed by atoms with van der Waals surface area (Å²) in [4.78, 5) is 21.7. The Balaban J connectivity index is 2.84. The Morgan fingerprint density at radius 2 is 2.38 bits per heavy atom. The summed E-state index contributed by atoms with van der Waals surface area (Å²) in [5.41, 5.74) is 6.49. The number of aliphatic hydroxyl groups is 1. The van der Waals surface area contributed by atoms with Crippen molar-refractivity contribution in [3.8, 4) is 0 Å². The Kier molecular flexibility index (Phi) is 7.88. The molecular weight excluding hydrogens is 308 g/mol. The number of anilines is 1. The van der Waals surface area contributed by atoms with Crippen molar-refractivity contribution in [1.29, 1.82) is 0 Å². The van der Waals surface area contributed by atoms with Crippen LogP contribution in [0.2, 0.25) is 0 Å². The summed E-state index contributed by atoms with van der Waals surface area (Å²) in [6.45, 7) is 5.66. The number of hydrogen-bond acceptors (Lipinski definition) is 7. The number of nitrogens with two attached hydrogens (primary N) is 1. The minimum atomic E-state index is 0.0129. The highest BCUT2D eigenvalue weighted by atomic mass is 33.1. The summed E-state index contributed by atoms with van der Waals surface area (Å²) < 4.78 is 0. The summed E-state index contributed by atoms with van der Waals surface area (Å²) in [5, 5.41) is 10.7. The summed E-state index contributed by atoms with van der Waals surface area (Å²) in [7, 11) is 2.87. The number of carbonyl (C=O) groups is 1. The fraction of sp³-hybridized carbons (Fsp3) is 0.308. The van der Waals surface area contributed by atoms with E-state index < -0.39 is 0 Å². The largest absolute Gasteiger partial charge is 0.396 e. The van der Waals surface area contributed by atoms with Crippen molar-refractivity contribution in [3.05, 3.63) is 40.7 Å². The molecule has 21 heavy (non-hydrogen) atoms. The third kappa shape index (κ3) is 6.19. The van der Waals surface area contributed by atoms with Crippen LogP contribution in [0, 0.1) is 6.92 Å². The van der Waals surface area contributed by atoms with Crippen LogP contribution in [-0.4, -0.2) is 33.0 Å². The standard InChI is InChI=1S/C13H18N4O2S2/c1-3-20-21-12(4-5-18)8-17(9-19)7-11-6-15-10(2)16-13(11)14/h3,6,8-9,18H,1,4-5,7H2,2H3,(H2,14,15,16)/b12-8-. The number of nitrogens with zero attached hydrogens (tertiary/aromatic N) is 3. The van der Waals surface area contributed by atoms with Crippen molar-refractivity contribution in [3.63, 3.8) is 0 Å². The molecule has 1 amide bonds. The molecule has 3 N–H and O–H groups in total. The third-order valence-electron chi connectivity index (χ3n) is 2.40. The Morgan fingerprint density at radius 1 is 1.62 bits per heavy atom. The lowest BCUT2D eigenvalue weighted by atomic mass is 10.3. The fourth-order valence-electron chi connectivity index (χ4n) is 1.46. The Hall–Kier alpha value is -1.51. The summed E-state index contributed by atoms with van der Waals surface area (Å²) in [6, 6.07) is 0. The lowest BCUT2D eigenvalue weighted by molar-refractivity contribution is -0.116. The molecule has 0 aliphatic carbocycles. The molecule has 0 aromatic carbocycles. The van der Waals surface area contributed by atoms with Gasteiger partial charge in [-0.3, -0.25) is 4.79 Å². The highest BCUT2D eigenvalue weighted by Gasteiger charge is 2.08. The molecule has 0 fully saturated rings. The normalized spacial score (nSPS) is 11.2. The van der Waals surface area contributed by atoms with Gasteiger partial charge in [0, 0.05) is 35.9 Å². The van der Waals surface area contributed by atoms with Gasteiger partial charge in [-0.05, 0) is 12.3 Å². The quantitative estimate of drug-likeness (QED) is 0.530. The van der Waals surface area contributed by atoms with E-state index in [-0.39, 0.29) is 13.2 Å². The number of rotatable bonds is 9. The zero-order valence-electron chi connectivity index (χ0n) is 11.7. The topological polar surface area (TPSA) is 92.3 Å². The van der Waals surface area contributed by atoms with Gasteiger partial charge in [0.1, 0.15) is 11.6 Å². The van der Waals surface area contributed by atoms with Crippen molar-refractivity contribution >= 4 is 33.8 Å². The van der Waals surface area contributed by atoms with Crippen LogP contribution in [0.15, 0.2) is 29.3 Å². The molecule has 8 heteroatoms. The first-order valence-corrected chi connectivity index (χ1v) is 8.36. The Morgan fingerprint density at radius 3 is 2.95 bits per heavy atom. The third-order valence-corrected chi connectivity index (χ3v) is 4.49. The van der Waals surface area contributed by atoms with E-state index in [4.69, 9.17) is 10.8 Å². The average molecular weight is 326 g/mol. The van der Waals surface area contributed by atoms with Gasteiger partial charge in [0.05, 0.1) is 6.54 Å². The first-order chi connectivity index (χ1) is 10.1. The molecule has 0 saturated carbocycles. The minimum absolute atomic E-state index is 0.0129. The number of hydrogen-bond donors (Lipinski definition) is 2. The maximum absolute atomic E-state index is 11.2. The zero-order valence-corrected chi connectivity index (χ0v) is 13.4. The van der Waals surface area contributed by atoms with Gasteiger partial charge < -0.3 is 15.7 Å². The molecule has 0 spiro atoms. The number of carbonyl (C=O) groups excluding carboxylic acids is 1. The summed E-state index contributed by atoms with van der Waals surface area (Å²) in [5.74, 6) is 0.947. The van der Waals surface area contributed by atoms with Gasteiger partial charge in [0.2, 0.25) is 6.41 Å². The molecule has 0 atom stereocenters. The van der Waals surface area contributed by atoms with E-state index in [0.717, 1.165) is 4.91 Å². The molecule has 0 radical (unpaired) electrons. The summed E-state index contributed by atoms with van der Waals surface area (Å²) in [6.07, 6.45) is 4.47. The van der Waals surface area contributed by atoms with Gasteiger partial charge in [-0.25, -0.2) is 9.97 Å². The first kappa shape index (κ1) is 17.5. The molecule has 0 saturated heterocycles. The highest BCUT2D eigenvalue weighted by Crippen LogP contribution is 2.32. The Labute approximate surface area is 131 Å². The second-order valence-electron chi connectivity index (χ2n) is 4.02. The molecule has 1 heterocycles. The van der Waals surface area contributed by atoms with Crippen molar-refractivity contribution in [1.82, 2.24) is 14.9 Å². The van der Waals surface area contributed by atoms with Gasteiger partial charge >= 0.3 is 0 Å². The molecule has 0 aliphatic heterocycles. The van der Waals surface area contributed by atoms with Crippen molar-refractivity contribution < 1.29 is 9.90 Å². The predicted molar refractivity (Wildman–Crippen MR) is 88.0 cm³/mol. The van der Waals surface area contributed by atoms with Crippen LogP contribution in [0.4, 0.5) is 5.82 Å². The van der Waals surface area contributed by atoms with E-state index >= 15 is 0 Å². The molecule has 114 valence electrons. The van der Waals surface area contributed by atoms with E-state index in [2.05, 4.69) is 16.5 Å². The molecular formula is C13H18N4O2S2. The van der Waals surface area contributed by atoms with Crippen LogP contribution in [0.5, 0.6) is 0 Å². The molecule has 0 unspecified atom stereocenters. The fourth-order valence-corrected chi connectivity index (χ4v) is 2.96. The molecule has 0 bridgehead atoms. The second-order valence-corrected chi connectivity index (χ2v) is 6.31. The minimum Gasteiger partial charge on any atom is -0.396 e. The molecule has 1 aromatic heterocycles. The van der Waals surface area contributed by atoms with Crippen molar-refractivity contribution in [2.45, 2.75) is 19.9 Å². The molecule has 0 aliphatic rings. The highest BCUT2D eigenvalue weighted by molar-refractivity contribution is 8.79. The predicted octanol–water partition coefficient (Wildman–Crippen LogP) is 2.07. The van der Waals surface area contributed by atoms with E-state index in [1.807, 2.05) is 0 Å².